The molecule has 1 aromatic heterocycles. The molecule has 1 atom stereocenters. The van der Waals surface area contributed by atoms with E-state index in [0.29, 0.717) is 0 Å². The third kappa shape index (κ3) is 3.28. The Balaban J connectivity index is 1.80. The second-order valence-corrected chi connectivity index (χ2v) is 6.47. The Labute approximate surface area is 137 Å². The third-order valence-corrected chi connectivity index (χ3v) is 4.95. The van der Waals surface area contributed by atoms with Crippen LogP contribution in [0.25, 0.3) is 0 Å². The van der Waals surface area contributed by atoms with Crippen molar-refractivity contribution in [1.29, 1.82) is 0 Å². The SMILES string of the molecule is Cc1ccccc1C1(CNC(C)c2nnnn2C)CCOCC1. The Morgan fingerprint density at radius 1 is 1.30 bits per heavy atom. The second-order valence-electron chi connectivity index (χ2n) is 6.47. The van der Waals surface area contributed by atoms with Crippen molar-refractivity contribution in [3.8, 4) is 0 Å². The van der Waals surface area contributed by atoms with E-state index in [0.717, 1.165) is 38.4 Å². The number of hydrogen-bond donors (Lipinski definition) is 1. The standard InChI is InChI=1S/C17H25N5O/c1-13-6-4-5-7-15(13)17(8-10-23-11-9-17)12-18-14(2)16-19-20-21-22(16)3/h4-7,14,18H,8-12H2,1-3H3. The van der Waals surface area contributed by atoms with E-state index >= 15 is 0 Å². The summed E-state index contributed by atoms with van der Waals surface area (Å²) in [5, 5.41) is 15.4. The largest absolute Gasteiger partial charge is 0.381 e. The van der Waals surface area contributed by atoms with E-state index in [1.54, 1.807) is 4.68 Å². The lowest BCUT2D eigenvalue weighted by atomic mass is 9.72. The van der Waals surface area contributed by atoms with Gasteiger partial charge in [0.25, 0.3) is 0 Å². The van der Waals surface area contributed by atoms with Crippen molar-refractivity contribution in [2.75, 3.05) is 19.8 Å². The number of nitrogens with one attached hydrogen (secondary N) is 1. The molecule has 6 heteroatoms. The van der Waals surface area contributed by atoms with Gasteiger partial charge in [-0.3, -0.25) is 0 Å². The van der Waals surface area contributed by atoms with Crippen LogP contribution < -0.4 is 5.32 Å². The van der Waals surface area contributed by atoms with E-state index in [-0.39, 0.29) is 11.5 Å². The third-order valence-electron chi connectivity index (χ3n) is 4.95. The van der Waals surface area contributed by atoms with Gasteiger partial charge in [0, 0.05) is 32.2 Å². The van der Waals surface area contributed by atoms with E-state index in [1.165, 1.54) is 11.1 Å². The monoisotopic (exact) mass is 315 g/mol. The summed E-state index contributed by atoms with van der Waals surface area (Å²) in [6.45, 7) is 6.83. The first kappa shape index (κ1) is 16.1. The summed E-state index contributed by atoms with van der Waals surface area (Å²) in [5.74, 6) is 0.858. The molecule has 3 rings (SSSR count). The van der Waals surface area contributed by atoms with Gasteiger partial charge in [-0.1, -0.05) is 24.3 Å². The molecule has 0 saturated carbocycles. The summed E-state index contributed by atoms with van der Waals surface area (Å²) in [6.07, 6.45) is 2.07. The maximum Gasteiger partial charge on any atom is 0.167 e. The summed E-state index contributed by atoms with van der Waals surface area (Å²) in [6, 6.07) is 8.81. The van der Waals surface area contributed by atoms with Crippen molar-refractivity contribution in [1.82, 2.24) is 25.5 Å². The van der Waals surface area contributed by atoms with Gasteiger partial charge in [0.05, 0.1) is 6.04 Å². The Kier molecular flexibility index (Phi) is 4.73. The van der Waals surface area contributed by atoms with Gasteiger partial charge in [0.1, 0.15) is 0 Å². The van der Waals surface area contributed by atoms with E-state index in [4.69, 9.17) is 4.74 Å². The fraction of sp³-hybridized carbons (Fsp3) is 0.588. The van der Waals surface area contributed by atoms with Crippen LogP contribution in [0.4, 0.5) is 0 Å². The zero-order chi connectivity index (χ0) is 16.3. The van der Waals surface area contributed by atoms with Crippen molar-refractivity contribution in [2.24, 2.45) is 7.05 Å². The fourth-order valence-electron chi connectivity index (χ4n) is 3.51. The van der Waals surface area contributed by atoms with Crippen molar-refractivity contribution in [2.45, 2.75) is 38.1 Å². The normalized spacial score (nSPS) is 18.7. The van der Waals surface area contributed by atoms with Gasteiger partial charge in [0.15, 0.2) is 5.82 Å². The molecule has 0 amide bonds. The molecule has 124 valence electrons. The predicted molar refractivity (Wildman–Crippen MR) is 88.1 cm³/mol. The van der Waals surface area contributed by atoms with Gasteiger partial charge in [-0.2, -0.15) is 0 Å². The maximum atomic E-state index is 5.62. The van der Waals surface area contributed by atoms with Crippen molar-refractivity contribution in [3.05, 3.63) is 41.2 Å². The minimum Gasteiger partial charge on any atom is -0.381 e. The van der Waals surface area contributed by atoms with Gasteiger partial charge in [-0.05, 0) is 48.2 Å². The summed E-state index contributed by atoms with van der Waals surface area (Å²) in [4.78, 5) is 0. The van der Waals surface area contributed by atoms with E-state index in [1.807, 2.05) is 7.05 Å². The fourth-order valence-corrected chi connectivity index (χ4v) is 3.51. The average molecular weight is 315 g/mol. The van der Waals surface area contributed by atoms with Gasteiger partial charge >= 0.3 is 0 Å². The Bertz CT molecular complexity index is 648. The number of benzene rings is 1. The Morgan fingerprint density at radius 3 is 2.70 bits per heavy atom. The molecule has 1 N–H and O–H groups in total. The van der Waals surface area contributed by atoms with Crippen LogP contribution in [0, 0.1) is 6.92 Å². The highest BCUT2D eigenvalue weighted by Gasteiger charge is 2.35. The molecule has 1 aliphatic heterocycles. The second kappa shape index (κ2) is 6.76. The van der Waals surface area contributed by atoms with Crippen LogP contribution >= 0.6 is 0 Å². The molecule has 1 saturated heterocycles. The van der Waals surface area contributed by atoms with Gasteiger partial charge < -0.3 is 10.1 Å². The van der Waals surface area contributed by atoms with Crippen LogP contribution in [0.1, 0.15) is 42.8 Å². The topological polar surface area (TPSA) is 64.9 Å². The van der Waals surface area contributed by atoms with Gasteiger partial charge in [0.2, 0.25) is 0 Å². The molecule has 2 aromatic rings. The van der Waals surface area contributed by atoms with Gasteiger partial charge in [-0.15, -0.1) is 5.10 Å². The number of ether oxygens (including phenoxy) is 1. The zero-order valence-corrected chi connectivity index (χ0v) is 14.1. The highest BCUT2D eigenvalue weighted by Crippen LogP contribution is 2.36. The minimum absolute atomic E-state index is 0.110. The maximum absolute atomic E-state index is 5.62. The first-order chi connectivity index (χ1) is 11.1. The van der Waals surface area contributed by atoms with E-state index < -0.39 is 0 Å². The summed E-state index contributed by atoms with van der Waals surface area (Å²) < 4.78 is 7.34. The van der Waals surface area contributed by atoms with E-state index in [9.17, 15) is 0 Å². The van der Waals surface area contributed by atoms with Crippen LogP contribution in [0.15, 0.2) is 24.3 Å². The molecular formula is C17H25N5O. The molecule has 0 aliphatic carbocycles. The molecule has 6 nitrogen and oxygen atoms in total. The van der Waals surface area contributed by atoms with Crippen LogP contribution in [0.2, 0.25) is 0 Å². The number of hydrogen-bond acceptors (Lipinski definition) is 5. The van der Waals surface area contributed by atoms with Crippen molar-refractivity contribution >= 4 is 0 Å². The molecular weight excluding hydrogens is 290 g/mol. The summed E-state index contributed by atoms with van der Waals surface area (Å²) >= 11 is 0. The lowest BCUT2D eigenvalue weighted by Gasteiger charge is -2.39. The molecule has 1 unspecified atom stereocenters. The average Bonchev–Trinajstić information content (AvgIpc) is 3.00. The molecule has 1 aliphatic rings. The smallest absolute Gasteiger partial charge is 0.167 e. The highest BCUT2D eigenvalue weighted by atomic mass is 16.5. The Morgan fingerprint density at radius 2 is 2.04 bits per heavy atom. The molecule has 1 aromatic carbocycles. The van der Waals surface area contributed by atoms with Crippen LogP contribution in [0.5, 0.6) is 0 Å². The summed E-state index contributed by atoms with van der Waals surface area (Å²) in [5.41, 5.74) is 2.90. The van der Waals surface area contributed by atoms with Gasteiger partial charge in [-0.25, -0.2) is 4.68 Å². The number of tetrazole rings is 1. The summed E-state index contributed by atoms with van der Waals surface area (Å²) in [7, 11) is 1.87. The quantitative estimate of drug-likeness (QED) is 0.913. The van der Waals surface area contributed by atoms with Crippen LogP contribution in [-0.2, 0) is 17.2 Å². The predicted octanol–water partition coefficient (Wildman–Crippen LogP) is 1.92. The van der Waals surface area contributed by atoms with Crippen molar-refractivity contribution in [3.63, 3.8) is 0 Å². The molecule has 0 spiro atoms. The van der Waals surface area contributed by atoms with Crippen molar-refractivity contribution < 1.29 is 4.74 Å². The molecule has 1 fully saturated rings. The highest BCUT2D eigenvalue weighted by molar-refractivity contribution is 5.34. The molecule has 2 heterocycles. The molecule has 0 bridgehead atoms. The first-order valence-corrected chi connectivity index (χ1v) is 8.22. The number of aryl methyl sites for hydroxylation is 2. The van der Waals surface area contributed by atoms with Crippen LogP contribution in [-0.4, -0.2) is 40.0 Å². The van der Waals surface area contributed by atoms with E-state index in [2.05, 4.69) is 59.0 Å². The first-order valence-electron chi connectivity index (χ1n) is 8.22. The number of nitrogens with zero attached hydrogens (tertiary/aromatic N) is 4. The lowest BCUT2D eigenvalue weighted by Crippen LogP contribution is -2.44. The molecule has 0 radical (unpaired) electrons. The van der Waals surface area contributed by atoms with Crippen LogP contribution in [0.3, 0.4) is 0 Å². The lowest BCUT2D eigenvalue weighted by molar-refractivity contribution is 0.0487. The number of aromatic nitrogens is 4. The zero-order valence-electron chi connectivity index (χ0n) is 14.1. The minimum atomic E-state index is 0.110. The number of rotatable bonds is 5. The Hall–Kier alpha value is -1.79. The molecule has 23 heavy (non-hydrogen) atoms.